The molecule has 96 heavy (non-hydrogen) atoms. The Morgan fingerprint density at radius 3 is 0.823 bits per heavy atom. The van der Waals surface area contributed by atoms with E-state index in [0.717, 1.165) is 44.9 Å². The van der Waals surface area contributed by atoms with Crippen molar-refractivity contribution in [2.45, 2.75) is 444 Å². The lowest BCUT2D eigenvalue weighted by atomic mass is 10.0. The molecule has 0 amide bonds. The lowest BCUT2D eigenvalue weighted by Gasteiger charge is -2.28. The monoisotopic (exact) mass is 1370 g/mol. The predicted octanol–water partition coefficient (Wildman–Crippen LogP) is 27.7. The van der Waals surface area contributed by atoms with Gasteiger partial charge in [-0.15, -0.1) is 0 Å². The summed E-state index contributed by atoms with van der Waals surface area (Å²) in [6, 6.07) is 0. The minimum absolute atomic E-state index is 0.0275. The Labute approximate surface area is 598 Å². The Hall–Kier alpha value is -2.03. The van der Waals surface area contributed by atoms with E-state index in [4.69, 9.17) is 18.5 Å². The topological polar surface area (TPSA) is 111 Å². The van der Waals surface area contributed by atoms with Gasteiger partial charge in [-0.05, 0) is 77.0 Å². The fourth-order valence-corrected chi connectivity index (χ4v) is 13.6. The first kappa shape index (κ1) is 94.0. The third kappa shape index (κ3) is 80.9. The van der Waals surface area contributed by atoms with Crippen LogP contribution in [0.1, 0.15) is 438 Å². The summed E-state index contributed by atoms with van der Waals surface area (Å²) < 4.78 is 34.5. The van der Waals surface area contributed by atoms with E-state index in [0.29, 0.717) is 17.4 Å². The number of phosphoric ester groups is 1. The fraction of sp³-hybridized carbons (Fsp3) is 0.884. The third-order valence-electron chi connectivity index (χ3n) is 19.3. The maximum absolute atomic E-state index is 12.9. The lowest BCUT2D eigenvalue weighted by Crippen LogP contribution is -2.37. The first-order valence-corrected chi connectivity index (χ1v) is 43.8. The highest BCUT2D eigenvalue weighted by atomic mass is 31.2. The number of carbonyl (C=O) groups is 2. The van der Waals surface area contributed by atoms with Crippen LogP contribution in [0.25, 0.3) is 0 Å². The van der Waals surface area contributed by atoms with Crippen LogP contribution in [0.4, 0.5) is 0 Å². The van der Waals surface area contributed by atoms with Crippen molar-refractivity contribution in [1.82, 2.24) is 0 Å². The Morgan fingerprint density at radius 2 is 0.562 bits per heavy atom. The highest BCUT2D eigenvalue weighted by Gasteiger charge is 2.22. The molecule has 0 rings (SSSR count). The molecule has 0 heterocycles. The first-order valence-electron chi connectivity index (χ1n) is 42.3. The van der Waals surface area contributed by atoms with Gasteiger partial charge in [-0.1, -0.05) is 396 Å². The van der Waals surface area contributed by atoms with Gasteiger partial charge in [-0.25, -0.2) is 0 Å². The summed E-state index contributed by atoms with van der Waals surface area (Å²) in [6.45, 7) is 4.30. The molecule has 0 saturated heterocycles. The largest absolute Gasteiger partial charge is 0.756 e. The Morgan fingerprint density at radius 1 is 0.323 bits per heavy atom. The summed E-state index contributed by atoms with van der Waals surface area (Å²) in [5, 5.41) is 0. The van der Waals surface area contributed by atoms with Crippen molar-refractivity contribution < 1.29 is 42.1 Å². The van der Waals surface area contributed by atoms with Crippen LogP contribution in [-0.4, -0.2) is 70.0 Å². The van der Waals surface area contributed by atoms with Crippen LogP contribution in [0.5, 0.6) is 0 Å². The number of hydrogen-bond acceptors (Lipinski definition) is 8. The van der Waals surface area contributed by atoms with Crippen LogP contribution in [0.3, 0.4) is 0 Å². The van der Waals surface area contributed by atoms with Gasteiger partial charge in [0.2, 0.25) is 0 Å². The van der Waals surface area contributed by atoms with Crippen molar-refractivity contribution in [2.75, 3.05) is 47.5 Å². The van der Waals surface area contributed by atoms with Crippen molar-refractivity contribution in [3.63, 3.8) is 0 Å². The molecule has 566 valence electrons. The van der Waals surface area contributed by atoms with Gasteiger partial charge in [0.05, 0.1) is 27.7 Å². The molecule has 0 saturated carbocycles. The predicted molar refractivity (Wildman–Crippen MR) is 416 cm³/mol. The number of likely N-dealkylation sites (N-methyl/N-ethyl adjacent to an activating group) is 1. The van der Waals surface area contributed by atoms with Crippen LogP contribution in [0.2, 0.25) is 0 Å². The average molecular weight is 1370 g/mol. The normalized spacial score (nSPS) is 13.2. The SMILES string of the molecule is CCCCCCC/C=C\C/C=C\CCCCCCCCCCCCCCCCCCCCCCCCCCCCCC(=O)OC(COC(=O)CCCCCCCCCCCCCCCCCCCCCCC/C=C\C/C=C\CCCCCCC)COP(=O)([O-])OCC[N+](C)(C)C. The van der Waals surface area contributed by atoms with E-state index < -0.39 is 26.5 Å². The number of allylic oxidation sites excluding steroid dienone is 8. The summed E-state index contributed by atoms with van der Waals surface area (Å²) in [5.74, 6) is -0.806. The van der Waals surface area contributed by atoms with Gasteiger partial charge in [-0.2, -0.15) is 0 Å². The minimum atomic E-state index is -4.64. The van der Waals surface area contributed by atoms with E-state index >= 15 is 0 Å². The molecule has 0 aromatic heterocycles. The van der Waals surface area contributed by atoms with E-state index in [-0.39, 0.29) is 32.0 Å². The van der Waals surface area contributed by atoms with Gasteiger partial charge in [0.25, 0.3) is 7.82 Å². The fourth-order valence-electron chi connectivity index (χ4n) is 12.8. The molecular formula is C86H164NO8P. The van der Waals surface area contributed by atoms with Crippen LogP contribution in [0.15, 0.2) is 48.6 Å². The van der Waals surface area contributed by atoms with E-state index in [2.05, 4.69) is 62.5 Å². The second-order valence-electron chi connectivity index (χ2n) is 30.2. The minimum Gasteiger partial charge on any atom is -0.756 e. The van der Waals surface area contributed by atoms with Gasteiger partial charge in [0.15, 0.2) is 6.10 Å². The van der Waals surface area contributed by atoms with Crippen LogP contribution >= 0.6 is 7.82 Å². The highest BCUT2D eigenvalue weighted by Crippen LogP contribution is 2.38. The average Bonchev–Trinajstić information content (AvgIpc) is 1.98. The molecule has 0 aromatic rings. The highest BCUT2D eigenvalue weighted by molar-refractivity contribution is 7.45. The van der Waals surface area contributed by atoms with Crippen LogP contribution in [-0.2, 0) is 32.7 Å². The zero-order valence-electron chi connectivity index (χ0n) is 64.9. The molecule has 2 unspecified atom stereocenters. The molecule has 0 aliphatic heterocycles. The molecule has 2 atom stereocenters. The standard InChI is InChI=1S/C86H164NO8P/c1-6-8-10-12-14-16-18-20-22-24-26-28-30-32-34-36-38-40-41-42-43-44-45-47-49-51-53-55-57-59-61-63-65-67-69-71-73-75-77-79-86(89)95-84(83-94-96(90,91)93-81-80-87(3,4)5)82-92-85(88)78-76-74-72-70-68-66-64-62-60-58-56-54-52-50-48-46-39-37-35-33-31-29-27-25-23-21-19-17-15-13-11-9-7-2/h18-21,24-27,84H,6-17,22-23,28-83H2,1-5H3/b20-18-,21-19-,26-24-,27-25-. The molecule has 0 N–H and O–H groups in total. The molecule has 9 nitrogen and oxygen atoms in total. The van der Waals surface area contributed by atoms with Crippen molar-refractivity contribution >= 4 is 19.8 Å². The molecule has 0 aromatic carbocycles. The molecule has 0 fully saturated rings. The summed E-state index contributed by atoms with van der Waals surface area (Å²) >= 11 is 0. The number of phosphoric acid groups is 1. The summed E-state index contributed by atoms with van der Waals surface area (Å²) in [4.78, 5) is 38.2. The number of unbranched alkanes of at least 4 members (excludes halogenated alkanes) is 58. The zero-order chi connectivity index (χ0) is 69.7. The number of ether oxygens (including phenoxy) is 2. The Balaban J connectivity index is 3.87. The Bertz CT molecular complexity index is 1760. The maximum atomic E-state index is 12.9. The van der Waals surface area contributed by atoms with Gasteiger partial charge >= 0.3 is 11.9 Å². The maximum Gasteiger partial charge on any atom is 0.306 e. The van der Waals surface area contributed by atoms with Gasteiger partial charge in [-0.3, -0.25) is 14.2 Å². The number of carbonyl (C=O) groups excluding carboxylic acids is 2. The second-order valence-corrected chi connectivity index (χ2v) is 31.6. The third-order valence-corrected chi connectivity index (χ3v) is 20.3. The quantitative estimate of drug-likeness (QED) is 0.0195. The first-order chi connectivity index (χ1) is 47.0. The van der Waals surface area contributed by atoms with Crippen molar-refractivity contribution in [3.05, 3.63) is 48.6 Å². The second kappa shape index (κ2) is 77.1. The van der Waals surface area contributed by atoms with E-state index in [1.165, 1.54) is 360 Å². The van der Waals surface area contributed by atoms with Crippen LogP contribution in [0, 0.1) is 0 Å². The van der Waals surface area contributed by atoms with Gasteiger partial charge in [0.1, 0.15) is 19.8 Å². The number of rotatable bonds is 80. The number of quaternary nitrogens is 1. The summed E-state index contributed by atoms with van der Waals surface area (Å²) in [7, 11) is 1.19. The Kier molecular flexibility index (Phi) is 75.5. The van der Waals surface area contributed by atoms with Crippen molar-refractivity contribution in [1.29, 1.82) is 0 Å². The number of esters is 2. The summed E-state index contributed by atoms with van der Waals surface area (Å²) in [6.07, 6.45) is 103. The number of nitrogens with zero attached hydrogens (tertiary/aromatic N) is 1. The zero-order valence-corrected chi connectivity index (χ0v) is 65.7. The van der Waals surface area contributed by atoms with E-state index in [1.807, 2.05) is 21.1 Å². The molecule has 0 aliphatic rings. The van der Waals surface area contributed by atoms with Gasteiger partial charge < -0.3 is 27.9 Å². The smallest absolute Gasteiger partial charge is 0.306 e. The van der Waals surface area contributed by atoms with E-state index in [9.17, 15) is 19.0 Å². The molecule has 10 heteroatoms. The molecule has 0 spiro atoms. The lowest BCUT2D eigenvalue weighted by molar-refractivity contribution is -0.870. The molecular weight excluding hydrogens is 1210 g/mol. The summed E-state index contributed by atoms with van der Waals surface area (Å²) in [5.41, 5.74) is 0. The van der Waals surface area contributed by atoms with Crippen LogP contribution < -0.4 is 4.89 Å². The van der Waals surface area contributed by atoms with E-state index in [1.54, 1.807) is 0 Å². The van der Waals surface area contributed by atoms with Crippen molar-refractivity contribution in [3.8, 4) is 0 Å². The number of hydrogen-bond donors (Lipinski definition) is 0. The van der Waals surface area contributed by atoms with Crippen molar-refractivity contribution in [2.24, 2.45) is 0 Å². The molecule has 0 radical (unpaired) electrons. The molecule has 0 aliphatic carbocycles. The molecule has 0 bridgehead atoms. The van der Waals surface area contributed by atoms with Gasteiger partial charge in [0, 0.05) is 12.8 Å².